The van der Waals surface area contributed by atoms with Crippen LogP contribution in [0.5, 0.6) is 11.5 Å². The smallest absolute Gasteiger partial charge is 0.243 e. The molecule has 0 fully saturated rings. The van der Waals surface area contributed by atoms with E-state index in [1.54, 1.807) is 38.1 Å². The van der Waals surface area contributed by atoms with Crippen molar-refractivity contribution >= 4 is 21.6 Å². The van der Waals surface area contributed by atoms with Crippen LogP contribution in [0.25, 0.3) is 0 Å². The van der Waals surface area contributed by atoms with Gasteiger partial charge in [0.15, 0.2) is 0 Å². The maximum absolute atomic E-state index is 12.7. The molecular weight excluding hydrogens is 392 g/mol. The largest absolute Gasteiger partial charge is 0.497 e. The number of carbonyl (C=O) groups excluding carboxylic acids is 1. The maximum Gasteiger partial charge on any atom is 0.243 e. The highest BCUT2D eigenvalue weighted by Crippen LogP contribution is 2.25. The average molecular weight is 421 g/mol. The van der Waals surface area contributed by atoms with E-state index in [0.717, 1.165) is 16.1 Å². The van der Waals surface area contributed by atoms with Gasteiger partial charge in [-0.25, -0.2) is 8.42 Å². The van der Waals surface area contributed by atoms with Crippen molar-refractivity contribution in [3.05, 3.63) is 54.1 Å². The number of hydrogen-bond acceptors (Lipinski definition) is 5. The van der Waals surface area contributed by atoms with Crippen molar-refractivity contribution in [1.82, 2.24) is 5.32 Å². The lowest BCUT2D eigenvalue weighted by atomic mass is 10.2. The molecular formula is C21H28N2O5S. The fourth-order valence-corrected chi connectivity index (χ4v) is 3.98. The number of anilines is 1. The molecule has 2 aromatic rings. The van der Waals surface area contributed by atoms with E-state index in [-0.39, 0.29) is 12.6 Å². The Morgan fingerprint density at radius 1 is 1.10 bits per heavy atom. The highest BCUT2D eigenvalue weighted by Gasteiger charge is 2.30. The Morgan fingerprint density at radius 2 is 1.76 bits per heavy atom. The Hall–Kier alpha value is -2.74. The summed E-state index contributed by atoms with van der Waals surface area (Å²) in [5, 5.41) is 2.81. The summed E-state index contributed by atoms with van der Waals surface area (Å²) in [6, 6.07) is 12.9. The van der Waals surface area contributed by atoms with E-state index in [9.17, 15) is 13.2 Å². The summed E-state index contributed by atoms with van der Waals surface area (Å²) in [5.74, 6) is 0.792. The van der Waals surface area contributed by atoms with Crippen LogP contribution in [-0.2, 0) is 14.8 Å². The van der Waals surface area contributed by atoms with Crippen molar-refractivity contribution in [3.8, 4) is 11.5 Å². The lowest BCUT2D eigenvalue weighted by Crippen LogP contribution is -2.50. The average Bonchev–Trinajstić information content (AvgIpc) is 2.66. The minimum absolute atomic E-state index is 0.263. The van der Waals surface area contributed by atoms with Crippen molar-refractivity contribution in [1.29, 1.82) is 0 Å². The van der Waals surface area contributed by atoms with Crippen molar-refractivity contribution in [2.24, 2.45) is 0 Å². The highest BCUT2D eigenvalue weighted by atomic mass is 32.2. The van der Waals surface area contributed by atoms with Crippen molar-refractivity contribution < 1.29 is 22.7 Å². The molecule has 2 aromatic carbocycles. The number of methoxy groups -OCH3 is 1. The Bertz CT molecular complexity index is 928. The van der Waals surface area contributed by atoms with E-state index in [1.807, 2.05) is 31.2 Å². The predicted octanol–water partition coefficient (Wildman–Crippen LogP) is 2.74. The Kier molecular flexibility index (Phi) is 7.50. The molecule has 1 amide bonds. The fourth-order valence-electron chi connectivity index (χ4n) is 2.82. The molecule has 0 bridgehead atoms. The first kappa shape index (κ1) is 22.5. The maximum atomic E-state index is 12.7. The quantitative estimate of drug-likeness (QED) is 0.674. The van der Waals surface area contributed by atoms with Crippen LogP contribution in [0.4, 0.5) is 5.69 Å². The second-order valence-corrected chi connectivity index (χ2v) is 8.83. The van der Waals surface area contributed by atoms with Crippen LogP contribution in [0.15, 0.2) is 48.5 Å². The zero-order valence-electron chi connectivity index (χ0n) is 17.4. The molecule has 0 heterocycles. The third kappa shape index (κ3) is 6.39. The molecule has 0 spiro atoms. The number of aryl methyl sites for hydroxylation is 1. The van der Waals surface area contributed by atoms with Gasteiger partial charge in [0, 0.05) is 6.07 Å². The van der Waals surface area contributed by atoms with Gasteiger partial charge < -0.3 is 14.8 Å². The first-order valence-corrected chi connectivity index (χ1v) is 11.1. The monoisotopic (exact) mass is 420 g/mol. The summed E-state index contributed by atoms with van der Waals surface area (Å²) in [6.07, 6.45) is 1.07. The van der Waals surface area contributed by atoms with Gasteiger partial charge in [-0.1, -0.05) is 23.8 Å². The lowest BCUT2D eigenvalue weighted by molar-refractivity contribution is -0.122. The van der Waals surface area contributed by atoms with Crippen LogP contribution in [0, 0.1) is 6.92 Å². The number of benzene rings is 2. The number of sulfonamides is 1. The Morgan fingerprint density at radius 3 is 2.34 bits per heavy atom. The molecule has 0 saturated heterocycles. The highest BCUT2D eigenvalue weighted by molar-refractivity contribution is 7.92. The van der Waals surface area contributed by atoms with E-state index in [0.29, 0.717) is 17.2 Å². The molecule has 0 unspecified atom stereocenters. The van der Waals surface area contributed by atoms with Crippen LogP contribution in [0.2, 0.25) is 0 Å². The number of ether oxygens (including phenoxy) is 2. The second-order valence-electron chi connectivity index (χ2n) is 6.97. The van der Waals surface area contributed by atoms with Crippen LogP contribution in [0.1, 0.15) is 19.4 Å². The zero-order chi connectivity index (χ0) is 21.6. The molecule has 0 saturated carbocycles. The van der Waals surface area contributed by atoms with Gasteiger partial charge in [-0.3, -0.25) is 9.10 Å². The number of hydrogen-bond donors (Lipinski definition) is 1. The molecule has 29 heavy (non-hydrogen) atoms. The molecule has 8 heteroatoms. The second kappa shape index (κ2) is 9.65. The minimum atomic E-state index is -3.70. The molecule has 0 radical (unpaired) electrons. The first-order valence-electron chi connectivity index (χ1n) is 9.25. The molecule has 2 rings (SSSR count). The summed E-state index contributed by atoms with van der Waals surface area (Å²) >= 11 is 0. The van der Waals surface area contributed by atoms with Crippen molar-refractivity contribution in [2.75, 3.05) is 24.3 Å². The molecule has 158 valence electrons. The van der Waals surface area contributed by atoms with E-state index in [2.05, 4.69) is 5.32 Å². The van der Waals surface area contributed by atoms with Gasteiger partial charge >= 0.3 is 0 Å². The summed E-state index contributed by atoms with van der Waals surface area (Å²) in [7, 11) is -2.20. The van der Waals surface area contributed by atoms with Gasteiger partial charge in [0.05, 0.1) is 25.1 Å². The van der Waals surface area contributed by atoms with Crippen molar-refractivity contribution in [2.45, 2.75) is 32.9 Å². The van der Waals surface area contributed by atoms with Crippen LogP contribution < -0.4 is 19.1 Å². The Balaban J connectivity index is 2.07. The minimum Gasteiger partial charge on any atom is -0.497 e. The number of amides is 1. The van der Waals surface area contributed by atoms with Gasteiger partial charge in [-0.2, -0.15) is 0 Å². The molecule has 1 N–H and O–H groups in total. The topological polar surface area (TPSA) is 84.9 Å². The van der Waals surface area contributed by atoms with E-state index in [1.165, 1.54) is 7.11 Å². The van der Waals surface area contributed by atoms with E-state index < -0.39 is 22.0 Å². The van der Waals surface area contributed by atoms with Gasteiger partial charge in [0.2, 0.25) is 15.9 Å². The van der Waals surface area contributed by atoms with E-state index in [4.69, 9.17) is 9.47 Å². The number of carbonyl (C=O) groups is 1. The Labute approximate surface area is 172 Å². The first-order chi connectivity index (χ1) is 13.6. The molecule has 2 atom stereocenters. The molecule has 0 aliphatic heterocycles. The molecule has 0 aliphatic rings. The molecule has 0 aliphatic carbocycles. The van der Waals surface area contributed by atoms with Gasteiger partial charge in [0.1, 0.15) is 24.1 Å². The predicted molar refractivity (Wildman–Crippen MR) is 114 cm³/mol. The number of nitrogens with zero attached hydrogens (tertiary/aromatic N) is 1. The third-order valence-electron chi connectivity index (χ3n) is 4.31. The van der Waals surface area contributed by atoms with E-state index >= 15 is 0 Å². The normalized spacial score (nSPS) is 13.3. The summed E-state index contributed by atoms with van der Waals surface area (Å²) < 4.78 is 36.7. The van der Waals surface area contributed by atoms with Crippen LogP contribution >= 0.6 is 0 Å². The summed E-state index contributed by atoms with van der Waals surface area (Å²) in [5.41, 5.74) is 1.49. The number of nitrogens with one attached hydrogen (secondary N) is 1. The van der Waals surface area contributed by atoms with Crippen molar-refractivity contribution in [3.63, 3.8) is 0 Å². The molecule has 7 nitrogen and oxygen atoms in total. The number of rotatable bonds is 9. The van der Waals surface area contributed by atoms with Gasteiger partial charge in [-0.15, -0.1) is 0 Å². The van der Waals surface area contributed by atoms with Crippen LogP contribution in [-0.4, -0.2) is 46.4 Å². The van der Waals surface area contributed by atoms with Gasteiger partial charge in [-0.05, 0) is 45.0 Å². The summed E-state index contributed by atoms with van der Waals surface area (Å²) in [4.78, 5) is 12.7. The van der Waals surface area contributed by atoms with Gasteiger partial charge in [0.25, 0.3) is 0 Å². The zero-order valence-corrected chi connectivity index (χ0v) is 18.2. The summed E-state index contributed by atoms with van der Waals surface area (Å²) in [6.45, 7) is 5.60. The standard InChI is InChI=1S/C21H28N2O5S/c1-15-9-11-19(12-10-15)28-14-16(2)22-21(24)17(3)23(29(5,25)26)18-7-6-8-20(13-18)27-4/h6-13,16-17H,14H2,1-5H3,(H,22,24)/t16-,17-/m0/s1. The third-order valence-corrected chi connectivity index (χ3v) is 5.55. The fraction of sp³-hybridized carbons (Fsp3) is 0.381. The lowest BCUT2D eigenvalue weighted by Gasteiger charge is -2.29. The van der Waals surface area contributed by atoms with Crippen LogP contribution in [0.3, 0.4) is 0 Å². The molecule has 0 aromatic heterocycles. The SMILES string of the molecule is COc1cccc(N([C@@H](C)C(=O)N[C@@H](C)COc2ccc(C)cc2)S(C)(=O)=O)c1.